The van der Waals surface area contributed by atoms with E-state index >= 15 is 0 Å². The quantitative estimate of drug-likeness (QED) is 0.542. The van der Waals surface area contributed by atoms with Crippen LogP contribution in [0.2, 0.25) is 0 Å². The molecule has 1 aromatic rings. The van der Waals surface area contributed by atoms with Crippen LogP contribution in [-0.4, -0.2) is 43.7 Å². The predicted octanol–water partition coefficient (Wildman–Crippen LogP) is 3.73. The second-order valence-electron chi connectivity index (χ2n) is 6.76. The molecular formula is C20H28O6. The van der Waals surface area contributed by atoms with E-state index in [-0.39, 0.29) is 12.2 Å². The van der Waals surface area contributed by atoms with E-state index in [4.69, 9.17) is 14.2 Å². The summed E-state index contributed by atoms with van der Waals surface area (Å²) in [6.45, 7) is 5.81. The number of ether oxygens (including phenoxy) is 4. The van der Waals surface area contributed by atoms with Crippen molar-refractivity contribution in [2.75, 3.05) is 7.11 Å². The van der Waals surface area contributed by atoms with Gasteiger partial charge in [0.1, 0.15) is 0 Å². The maximum Gasteiger partial charge on any atom is 0.340 e. The lowest BCUT2D eigenvalue weighted by Crippen LogP contribution is -2.31. The van der Waals surface area contributed by atoms with Crippen molar-refractivity contribution in [2.24, 2.45) is 0 Å². The van der Waals surface area contributed by atoms with Gasteiger partial charge in [0.2, 0.25) is 6.29 Å². The normalized spacial score (nSPS) is 21.3. The Hall–Kier alpha value is -1.92. The van der Waals surface area contributed by atoms with E-state index < -0.39 is 18.2 Å². The van der Waals surface area contributed by atoms with Crippen LogP contribution < -0.4 is 0 Å². The van der Waals surface area contributed by atoms with Gasteiger partial charge in [0.25, 0.3) is 0 Å². The molecule has 1 fully saturated rings. The number of esters is 2. The van der Waals surface area contributed by atoms with Gasteiger partial charge in [0.15, 0.2) is 0 Å². The molecule has 0 heterocycles. The van der Waals surface area contributed by atoms with E-state index in [1.165, 1.54) is 31.4 Å². The van der Waals surface area contributed by atoms with Crippen LogP contribution in [0, 0.1) is 0 Å². The number of hydrogen-bond acceptors (Lipinski definition) is 6. The third-order valence-corrected chi connectivity index (χ3v) is 4.28. The van der Waals surface area contributed by atoms with Crippen LogP contribution in [0.15, 0.2) is 24.3 Å². The van der Waals surface area contributed by atoms with E-state index in [2.05, 4.69) is 4.74 Å². The van der Waals surface area contributed by atoms with E-state index in [1.54, 1.807) is 6.92 Å². The van der Waals surface area contributed by atoms with Crippen LogP contribution in [0.25, 0.3) is 0 Å². The fourth-order valence-electron chi connectivity index (χ4n) is 3.07. The van der Waals surface area contributed by atoms with Crippen molar-refractivity contribution in [1.29, 1.82) is 0 Å². The molecule has 6 nitrogen and oxygen atoms in total. The van der Waals surface area contributed by atoms with Gasteiger partial charge in [0.05, 0.1) is 36.5 Å². The summed E-state index contributed by atoms with van der Waals surface area (Å²) in [6, 6.07) is 6.14. The van der Waals surface area contributed by atoms with Crippen molar-refractivity contribution in [3.8, 4) is 0 Å². The number of methoxy groups -OCH3 is 1. The Labute approximate surface area is 154 Å². The summed E-state index contributed by atoms with van der Waals surface area (Å²) in [5.74, 6) is -0.926. The van der Waals surface area contributed by atoms with Crippen molar-refractivity contribution in [3.05, 3.63) is 35.4 Å². The average Bonchev–Trinajstić information content (AvgIpc) is 2.62. The maximum absolute atomic E-state index is 12.2. The standard InChI is InChI=1S/C20H28O6/c1-13(2)24-17-9-11-18(12-10-17)25-14(3)26-20(22)16-7-5-15(6-8-16)19(21)23-4/h5-8,13-14,17-18H,9-12H2,1-4H3. The molecule has 144 valence electrons. The SMILES string of the molecule is COC(=O)c1ccc(C(=O)OC(C)OC2CCC(OC(C)C)CC2)cc1. The largest absolute Gasteiger partial charge is 0.465 e. The molecule has 0 radical (unpaired) electrons. The van der Waals surface area contributed by atoms with E-state index in [1.807, 2.05) is 13.8 Å². The van der Waals surface area contributed by atoms with E-state index in [0.29, 0.717) is 17.2 Å². The molecule has 0 spiro atoms. The van der Waals surface area contributed by atoms with Crippen LogP contribution in [0.5, 0.6) is 0 Å². The Bertz CT molecular complexity index is 587. The topological polar surface area (TPSA) is 71.1 Å². The van der Waals surface area contributed by atoms with Gasteiger partial charge < -0.3 is 18.9 Å². The van der Waals surface area contributed by atoms with Crippen molar-refractivity contribution in [2.45, 2.75) is 71.1 Å². The van der Waals surface area contributed by atoms with Crippen LogP contribution in [-0.2, 0) is 18.9 Å². The number of hydrogen-bond donors (Lipinski definition) is 0. The first-order valence-corrected chi connectivity index (χ1v) is 9.09. The molecule has 6 heteroatoms. The third kappa shape index (κ3) is 6.11. The molecule has 0 aromatic heterocycles. The highest BCUT2D eigenvalue weighted by Crippen LogP contribution is 2.25. The monoisotopic (exact) mass is 364 g/mol. The minimum absolute atomic E-state index is 0.0755. The van der Waals surface area contributed by atoms with Crippen LogP contribution in [0.1, 0.15) is 67.2 Å². The van der Waals surface area contributed by atoms with Crippen LogP contribution in [0.4, 0.5) is 0 Å². The summed E-state index contributed by atoms with van der Waals surface area (Å²) in [5, 5.41) is 0. The Morgan fingerprint density at radius 1 is 0.846 bits per heavy atom. The summed E-state index contributed by atoms with van der Waals surface area (Å²) in [7, 11) is 1.31. The molecule has 26 heavy (non-hydrogen) atoms. The molecule has 1 atom stereocenters. The molecule has 1 saturated carbocycles. The first kappa shape index (κ1) is 20.4. The van der Waals surface area contributed by atoms with Crippen LogP contribution >= 0.6 is 0 Å². The van der Waals surface area contributed by atoms with Gasteiger partial charge in [-0.05, 0) is 70.7 Å². The van der Waals surface area contributed by atoms with Gasteiger partial charge >= 0.3 is 11.9 Å². The third-order valence-electron chi connectivity index (χ3n) is 4.28. The summed E-state index contributed by atoms with van der Waals surface area (Å²) in [4.78, 5) is 23.6. The molecule has 0 bridgehead atoms. The smallest absolute Gasteiger partial charge is 0.340 e. The summed E-state index contributed by atoms with van der Waals surface area (Å²) >= 11 is 0. The zero-order chi connectivity index (χ0) is 19.1. The Morgan fingerprint density at radius 3 is 1.77 bits per heavy atom. The molecule has 1 aliphatic rings. The average molecular weight is 364 g/mol. The Kier molecular flexibility index (Phi) is 7.60. The molecule has 0 amide bonds. The second-order valence-corrected chi connectivity index (χ2v) is 6.76. The predicted molar refractivity (Wildman–Crippen MR) is 96.0 cm³/mol. The molecule has 0 N–H and O–H groups in total. The molecule has 1 unspecified atom stereocenters. The van der Waals surface area contributed by atoms with Gasteiger partial charge in [-0.1, -0.05) is 0 Å². The Morgan fingerprint density at radius 2 is 1.31 bits per heavy atom. The number of carbonyl (C=O) groups excluding carboxylic acids is 2. The highest BCUT2D eigenvalue weighted by atomic mass is 16.7. The van der Waals surface area contributed by atoms with E-state index in [9.17, 15) is 9.59 Å². The van der Waals surface area contributed by atoms with Gasteiger partial charge in [-0.15, -0.1) is 0 Å². The van der Waals surface area contributed by atoms with Crippen LogP contribution in [0.3, 0.4) is 0 Å². The number of benzene rings is 1. The minimum atomic E-state index is -0.629. The lowest BCUT2D eigenvalue weighted by molar-refractivity contribution is -0.148. The van der Waals surface area contributed by atoms with E-state index in [0.717, 1.165) is 25.7 Å². The highest BCUT2D eigenvalue weighted by molar-refractivity contribution is 5.93. The molecule has 1 aliphatic carbocycles. The van der Waals surface area contributed by atoms with Gasteiger partial charge in [-0.2, -0.15) is 0 Å². The second kappa shape index (κ2) is 9.69. The van der Waals surface area contributed by atoms with Gasteiger partial charge in [0, 0.05) is 0 Å². The molecule has 2 rings (SSSR count). The zero-order valence-electron chi connectivity index (χ0n) is 15.9. The summed E-state index contributed by atoms with van der Waals surface area (Å²) in [5.41, 5.74) is 0.746. The molecule has 0 aliphatic heterocycles. The van der Waals surface area contributed by atoms with Crippen molar-refractivity contribution in [3.63, 3.8) is 0 Å². The summed E-state index contributed by atoms with van der Waals surface area (Å²) in [6.07, 6.45) is 3.68. The first-order chi connectivity index (χ1) is 12.4. The number of carbonyl (C=O) groups is 2. The molecule has 0 saturated heterocycles. The summed E-state index contributed by atoms with van der Waals surface area (Å²) < 4.78 is 21.6. The maximum atomic E-state index is 12.2. The minimum Gasteiger partial charge on any atom is -0.465 e. The zero-order valence-corrected chi connectivity index (χ0v) is 15.9. The van der Waals surface area contributed by atoms with Gasteiger partial charge in [-0.3, -0.25) is 0 Å². The molecule has 1 aromatic carbocycles. The van der Waals surface area contributed by atoms with Crippen molar-refractivity contribution in [1.82, 2.24) is 0 Å². The van der Waals surface area contributed by atoms with Gasteiger partial charge in [-0.25, -0.2) is 9.59 Å². The van der Waals surface area contributed by atoms with Crippen molar-refractivity contribution >= 4 is 11.9 Å². The highest BCUT2D eigenvalue weighted by Gasteiger charge is 2.25. The molecular weight excluding hydrogens is 336 g/mol. The van der Waals surface area contributed by atoms with Crippen molar-refractivity contribution < 1.29 is 28.5 Å². The lowest BCUT2D eigenvalue weighted by atomic mass is 9.95. The fraction of sp³-hybridized carbons (Fsp3) is 0.600. The lowest BCUT2D eigenvalue weighted by Gasteiger charge is -2.31. The Balaban J connectivity index is 1.78. The number of rotatable bonds is 7. The first-order valence-electron chi connectivity index (χ1n) is 9.09. The fourth-order valence-corrected chi connectivity index (χ4v) is 3.07.